The first-order chi connectivity index (χ1) is 18.6. The van der Waals surface area contributed by atoms with Gasteiger partial charge in [-0.05, 0) is 50.8 Å². The normalized spacial score (nSPS) is 19.8. The molecule has 2 heteroatoms. The highest BCUT2D eigenvalue weighted by Crippen LogP contribution is 2.29. The third-order valence-corrected chi connectivity index (χ3v) is 6.74. The highest BCUT2D eigenvalue weighted by atomic mass is 16.1. The molecule has 0 aromatic heterocycles. The molecule has 2 nitrogen and oxygen atoms in total. The maximum Gasteiger partial charge on any atom is 0.190 e. The highest BCUT2D eigenvalue weighted by molar-refractivity contribution is 6.26. The van der Waals surface area contributed by atoms with Crippen LogP contribution in [0.4, 0.5) is 0 Å². The molecule has 0 saturated carbocycles. The van der Waals surface area contributed by atoms with Gasteiger partial charge in [0.05, 0.1) is 5.48 Å². The Hall–Kier alpha value is -1.96. The van der Waals surface area contributed by atoms with E-state index in [-0.39, 0.29) is 12.0 Å². The Kier molecular flexibility index (Phi) is 7.62. The van der Waals surface area contributed by atoms with Crippen LogP contribution in [0.1, 0.15) is 136 Å². The maximum atomic E-state index is 13.4. The van der Waals surface area contributed by atoms with Crippen molar-refractivity contribution in [3.05, 3.63) is 58.1 Å². The van der Waals surface area contributed by atoms with Crippen molar-refractivity contribution in [2.45, 2.75) is 106 Å². The fraction of sp³-hybridized carbons (Fsp3) is 0.613. The molecule has 0 N–H and O–H groups in total. The molecule has 0 aliphatic heterocycles. The molecule has 182 valence electrons. The van der Waals surface area contributed by atoms with Crippen molar-refractivity contribution >= 4 is 11.6 Å². The van der Waals surface area contributed by atoms with Gasteiger partial charge in [-0.2, -0.15) is 0 Å². The van der Waals surface area contributed by atoms with Gasteiger partial charge in [-0.15, -0.1) is 0 Å². The minimum absolute atomic E-state index is 0.0729. The minimum Gasteiger partial charge on any atom is -0.289 e. The van der Waals surface area contributed by atoms with Crippen LogP contribution in [0.3, 0.4) is 0 Å². The van der Waals surface area contributed by atoms with Gasteiger partial charge in [-0.1, -0.05) is 108 Å². The second kappa shape index (κ2) is 13.7. The van der Waals surface area contributed by atoms with E-state index in [2.05, 4.69) is 27.7 Å². The van der Waals surface area contributed by atoms with E-state index in [0.29, 0.717) is 5.92 Å². The number of benzene rings is 1. The number of hydrogen-bond donors (Lipinski definition) is 0. The van der Waals surface area contributed by atoms with Crippen molar-refractivity contribution in [2.24, 2.45) is 17.8 Å². The molecule has 0 heterocycles. The zero-order valence-corrected chi connectivity index (χ0v) is 21.2. The molecule has 0 unspecified atom stereocenters. The van der Waals surface area contributed by atoms with Gasteiger partial charge >= 0.3 is 0 Å². The van der Waals surface area contributed by atoms with E-state index in [1.807, 2.05) is 6.92 Å². The number of fused-ring (bicyclic) bond motifs is 1. The minimum atomic E-state index is -2.89. The average Bonchev–Trinajstić information content (AvgIpc) is 2.85. The van der Waals surface area contributed by atoms with Gasteiger partial charge < -0.3 is 0 Å². The van der Waals surface area contributed by atoms with Gasteiger partial charge in [0.25, 0.3) is 0 Å². The highest BCUT2D eigenvalue weighted by Gasteiger charge is 2.28. The fourth-order valence-corrected chi connectivity index (χ4v) is 4.46. The predicted octanol–water partition coefficient (Wildman–Crippen LogP) is 9.16. The Morgan fingerprint density at radius 3 is 2.00 bits per heavy atom. The molecule has 1 aromatic rings. The Balaban J connectivity index is 2.02. The second-order valence-electron chi connectivity index (χ2n) is 10.4. The van der Waals surface area contributed by atoms with E-state index in [1.165, 1.54) is 38.5 Å². The molecular formula is C31H46O2. The summed E-state index contributed by atoms with van der Waals surface area (Å²) in [6.07, 6.45) is 12.2. The largest absolute Gasteiger partial charge is 0.289 e. The van der Waals surface area contributed by atoms with Gasteiger partial charge in [-0.3, -0.25) is 9.59 Å². The van der Waals surface area contributed by atoms with Gasteiger partial charge in [0, 0.05) is 26.4 Å². The van der Waals surface area contributed by atoms with Crippen LogP contribution in [0.15, 0.2) is 47.0 Å². The molecule has 0 amide bonds. The second-order valence-corrected chi connectivity index (χ2v) is 10.4. The molecular weight excluding hydrogens is 404 g/mol. The summed E-state index contributed by atoms with van der Waals surface area (Å²) in [6, 6.07) is -2.59. The topological polar surface area (TPSA) is 34.1 Å². The van der Waals surface area contributed by atoms with Crippen molar-refractivity contribution in [1.29, 1.82) is 0 Å². The van der Waals surface area contributed by atoms with Crippen LogP contribution in [-0.2, 0) is 0 Å². The van der Waals surface area contributed by atoms with Crippen LogP contribution in [0.5, 0.6) is 0 Å². The predicted molar refractivity (Wildman–Crippen MR) is 141 cm³/mol. The third-order valence-electron chi connectivity index (χ3n) is 6.74. The van der Waals surface area contributed by atoms with E-state index in [9.17, 15) is 9.59 Å². The number of hydrogen-bond acceptors (Lipinski definition) is 2. The Bertz CT molecular complexity index is 1150. The Morgan fingerprint density at radius 1 is 0.879 bits per heavy atom. The zero-order chi connectivity index (χ0) is 30.4. The molecule has 0 bridgehead atoms. The first-order valence-corrected chi connectivity index (χ1v) is 12.7. The zero-order valence-electron chi connectivity index (χ0n) is 28.2. The lowest BCUT2D eigenvalue weighted by molar-refractivity contribution is 0.0973. The summed E-state index contributed by atoms with van der Waals surface area (Å²) in [7, 11) is 0. The van der Waals surface area contributed by atoms with E-state index in [4.69, 9.17) is 9.60 Å². The molecule has 2 rings (SSSR count). The van der Waals surface area contributed by atoms with Gasteiger partial charge in [0.2, 0.25) is 0 Å². The Labute approximate surface area is 212 Å². The molecule has 1 aliphatic rings. The van der Waals surface area contributed by atoms with Crippen LogP contribution in [0.25, 0.3) is 0 Å². The quantitative estimate of drug-likeness (QED) is 0.261. The monoisotopic (exact) mass is 457 g/mol. The number of ketones is 2. The summed E-state index contributed by atoms with van der Waals surface area (Å²) in [4.78, 5) is 26.6. The number of Topliss-reactive ketones (excluding diaryl/α,β-unsaturated/α-hetero) is 2. The van der Waals surface area contributed by atoms with Crippen LogP contribution in [0, 0.1) is 17.8 Å². The van der Waals surface area contributed by atoms with Crippen molar-refractivity contribution < 1.29 is 19.2 Å². The number of carbonyl (C=O) groups is 2. The first kappa shape index (κ1) is 18.4. The molecule has 0 saturated heterocycles. The molecule has 0 radical (unpaired) electrons. The van der Waals surface area contributed by atoms with E-state index >= 15 is 0 Å². The molecule has 1 aromatic carbocycles. The standard InChI is InChI=1S/C31H46O2/c1-22(2)12-9-13-23(3)14-10-15-24(4)16-11-17-25(5)20-21-27-26(6)30(32)28-18-7-8-19-29(28)31(27)33/h7-8,18-20,22-24H,9-17,21H2,1-6H3/b25-20+/t23-,24-/m0/s1/i6D3,7D,8D,18D,19D. The van der Waals surface area contributed by atoms with E-state index in [1.54, 1.807) is 6.08 Å². The smallest absolute Gasteiger partial charge is 0.190 e. The SMILES string of the molecule is [2H]c1c([2H])c([2H])c2c(c1[2H])C(=O)C(C/C=C(\C)CCC[C@@H](C)CCC[C@@H](C)CCCC(C)C)=C(C([2H])([2H])[2H])C2=O. The third kappa shape index (κ3) is 8.72. The average molecular weight is 458 g/mol. The lowest BCUT2D eigenvalue weighted by atomic mass is 9.83. The molecule has 33 heavy (non-hydrogen) atoms. The van der Waals surface area contributed by atoms with Crippen molar-refractivity contribution in [3.8, 4) is 0 Å². The summed E-state index contributed by atoms with van der Waals surface area (Å²) < 4.78 is 55.7. The summed E-state index contributed by atoms with van der Waals surface area (Å²) in [5.74, 6) is 0.321. The van der Waals surface area contributed by atoms with Crippen LogP contribution in [0.2, 0.25) is 0 Å². The van der Waals surface area contributed by atoms with Crippen LogP contribution >= 0.6 is 0 Å². The summed E-state index contributed by atoms with van der Waals surface area (Å²) in [5, 5.41) is 0. The number of carbonyl (C=O) groups excluding carboxylic acids is 2. The van der Waals surface area contributed by atoms with Crippen LogP contribution < -0.4 is 0 Å². The Morgan fingerprint density at radius 2 is 1.42 bits per heavy atom. The first-order valence-electron chi connectivity index (χ1n) is 16.2. The summed E-state index contributed by atoms with van der Waals surface area (Å²) in [5.41, 5.74) is -0.855. The number of allylic oxidation sites excluding steroid dienone is 4. The summed E-state index contributed by atoms with van der Waals surface area (Å²) >= 11 is 0. The maximum absolute atomic E-state index is 13.4. The molecule has 0 spiro atoms. The van der Waals surface area contributed by atoms with Crippen molar-refractivity contribution in [3.63, 3.8) is 0 Å². The van der Waals surface area contributed by atoms with E-state index < -0.39 is 59.3 Å². The van der Waals surface area contributed by atoms with Crippen molar-refractivity contribution in [1.82, 2.24) is 0 Å². The van der Waals surface area contributed by atoms with E-state index in [0.717, 1.165) is 36.7 Å². The fourth-order valence-electron chi connectivity index (χ4n) is 4.46. The van der Waals surface area contributed by atoms with Crippen LogP contribution in [-0.4, -0.2) is 11.6 Å². The molecule has 0 fully saturated rings. The summed E-state index contributed by atoms with van der Waals surface area (Å²) in [6.45, 7) is 8.22. The van der Waals surface area contributed by atoms with Gasteiger partial charge in [0.1, 0.15) is 0 Å². The molecule has 1 aliphatic carbocycles. The molecule has 2 atom stereocenters. The van der Waals surface area contributed by atoms with Gasteiger partial charge in [0.15, 0.2) is 11.6 Å². The van der Waals surface area contributed by atoms with Gasteiger partial charge in [-0.25, -0.2) is 0 Å². The lowest BCUT2D eigenvalue weighted by Crippen LogP contribution is -2.20. The number of rotatable bonds is 14. The van der Waals surface area contributed by atoms with Crippen molar-refractivity contribution in [2.75, 3.05) is 0 Å². The lowest BCUT2D eigenvalue weighted by Gasteiger charge is -2.18.